The number of nitrogens with zero attached hydrogens (tertiary/aromatic N) is 2. The van der Waals surface area contributed by atoms with Crippen LogP contribution < -0.4 is 0 Å². The Morgan fingerprint density at radius 3 is 2.65 bits per heavy atom. The van der Waals surface area contributed by atoms with E-state index in [1.54, 1.807) is 0 Å². The van der Waals surface area contributed by atoms with Gasteiger partial charge in [0.2, 0.25) is 0 Å². The van der Waals surface area contributed by atoms with Crippen LogP contribution in [0.2, 0.25) is 0 Å². The highest BCUT2D eigenvalue weighted by atomic mass is 16.5. The van der Waals surface area contributed by atoms with Gasteiger partial charge in [-0.15, -0.1) is 0 Å². The molecule has 0 N–H and O–H groups in total. The van der Waals surface area contributed by atoms with Crippen LogP contribution in [0, 0.1) is 0 Å². The van der Waals surface area contributed by atoms with Gasteiger partial charge in [0, 0.05) is 6.04 Å². The fourth-order valence-corrected chi connectivity index (χ4v) is 2.14. The standard InChI is InChI=1S/C13H26N2O2/c1-4-5-10-17-13(16)11-15(3)12-6-8-14(2)9-7-12/h12H,4-11H2,1-3H3. The molecule has 1 fully saturated rings. The maximum absolute atomic E-state index is 11.6. The second-order valence-electron chi connectivity index (χ2n) is 5.02. The van der Waals surface area contributed by atoms with Crippen LogP contribution in [0.1, 0.15) is 32.6 Å². The highest BCUT2D eigenvalue weighted by Crippen LogP contribution is 2.13. The van der Waals surface area contributed by atoms with E-state index in [9.17, 15) is 4.79 Å². The molecule has 0 amide bonds. The molecule has 0 aromatic heterocycles. The van der Waals surface area contributed by atoms with Gasteiger partial charge in [-0.3, -0.25) is 9.69 Å². The molecule has 0 aromatic rings. The summed E-state index contributed by atoms with van der Waals surface area (Å²) in [5, 5.41) is 0. The third kappa shape index (κ3) is 5.50. The van der Waals surface area contributed by atoms with Gasteiger partial charge in [-0.2, -0.15) is 0 Å². The molecule has 0 radical (unpaired) electrons. The average Bonchev–Trinajstić information content (AvgIpc) is 2.30. The molecule has 1 saturated heterocycles. The van der Waals surface area contributed by atoms with E-state index in [1.165, 1.54) is 0 Å². The van der Waals surface area contributed by atoms with Crippen molar-refractivity contribution in [3.05, 3.63) is 0 Å². The minimum Gasteiger partial charge on any atom is -0.465 e. The van der Waals surface area contributed by atoms with E-state index < -0.39 is 0 Å². The molecule has 0 spiro atoms. The number of likely N-dealkylation sites (N-methyl/N-ethyl adjacent to an activating group) is 1. The molecule has 4 nitrogen and oxygen atoms in total. The lowest BCUT2D eigenvalue weighted by molar-refractivity contribution is -0.145. The molecule has 0 saturated carbocycles. The first-order valence-corrected chi connectivity index (χ1v) is 6.68. The van der Waals surface area contributed by atoms with E-state index in [1.807, 2.05) is 7.05 Å². The van der Waals surface area contributed by atoms with E-state index >= 15 is 0 Å². The molecule has 0 bridgehead atoms. The summed E-state index contributed by atoms with van der Waals surface area (Å²) in [6.07, 6.45) is 4.33. The van der Waals surface area contributed by atoms with Crippen molar-refractivity contribution in [3.63, 3.8) is 0 Å². The molecule has 0 atom stereocenters. The fraction of sp³-hybridized carbons (Fsp3) is 0.923. The van der Waals surface area contributed by atoms with Crippen LogP contribution in [0.4, 0.5) is 0 Å². The maximum Gasteiger partial charge on any atom is 0.320 e. The van der Waals surface area contributed by atoms with Gasteiger partial charge < -0.3 is 9.64 Å². The van der Waals surface area contributed by atoms with Crippen molar-refractivity contribution < 1.29 is 9.53 Å². The lowest BCUT2D eigenvalue weighted by atomic mass is 10.0. The van der Waals surface area contributed by atoms with Gasteiger partial charge in [0.25, 0.3) is 0 Å². The molecule has 0 aliphatic carbocycles. The Bertz CT molecular complexity index is 225. The third-order valence-corrected chi connectivity index (χ3v) is 3.45. The molecular weight excluding hydrogens is 216 g/mol. The monoisotopic (exact) mass is 242 g/mol. The Morgan fingerprint density at radius 2 is 2.06 bits per heavy atom. The van der Waals surface area contributed by atoms with Crippen molar-refractivity contribution in [1.82, 2.24) is 9.80 Å². The van der Waals surface area contributed by atoms with E-state index in [0.29, 0.717) is 19.2 Å². The van der Waals surface area contributed by atoms with Crippen molar-refractivity contribution in [2.75, 3.05) is 40.3 Å². The summed E-state index contributed by atoms with van der Waals surface area (Å²) >= 11 is 0. The second-order valence-corrected chi connectivity index (χ2v) is 5.02. The van der Waals surface area contributed by atoms with Crippen LogP contribution in [-0.4, -0.2) is 62.1 Å². The van der Waals surface area contributed by atoms with E-state index in [4.69, 9.17) is 4.74 Å². The highest BCUT2D eigenvalue weighted by Gasteiger charge is 2.22. The van der Waals surface area contributed by atoms with Crippen LogP contribution in [0.25, 0.3) is 0 Å². The van der Waals surface area contributed by atoms with E-state index in [2.05, 4.69) is 23.8 Å². The summed E-state index contributed by atoms with van der Waals surface area (Å²) < 4.78 is 5.17. The molecule has 1 rings (SSSR count). The summed E-state index contributed by atoms with van der Waals surface area (Å²) in [6, 6.07) is 0.532. The molecule has 1 aliphatic heterocycles. The van der Waals surface area contributed by atoms with Gasteiger partial charge in [-0.05, 0) is 46.4 Å². The van der Waals surface area contributed by atoms with Crippen molar-refractivity contribution in [3.8, 4) is 0 Å². The Labute approximate surface area is 105 Å². The van der Waals surface area contributed by atoms with Crippen LogP contribution in [0.5, 0.6) is 0 Å². The minimum atomic E-state index is -0.0834. The molecule has 1 aliphatic rings. The van der Waals surface area contributed by atoms with Gasteiger partial charge in [0.05, 0.1) is 13.2 Å². The zero-order chi connectivity index (χ0) is 12.7. The predicted octanol–water partition coefficient (Wildman–Crippen LogP) is 1.36. The van der Waals surface area contributed by atoms with Gasteiger partial charge >= 0.3 is 5.97 Å². The largest absolute Gasteiger partial charge is 0.465 e. The van der Waals surface area contributed by atoms with Crippen LogP contribution in [0.3, 0.4) is 0 Å². The Morgan fingerprint density at radius 1 is 1.41 bits per heavy atom. The maximum atomic E-state index is 11.6. The summed E-state index contributed by atoms with van der Waals surface area (Å²) in [4.78, 5) is 16.0. The van der Waals surface area contributed by atoms with Crippen molar-refractivity contribution >= 4 is 5.97 Å². The number of carbonyl (C=O) groups excluding carboxylic acids is 1. The summed E-state index contributed by atoms with van der Waals surface area (Å²) in [5.41, 5.74) is 0. The first kappa shape index (κ1) is 14.5. The molecule has 17 heavy (non-hydrogen) atoms. The number of likely N-dealkylation sites (tertiary alicyclic amines) is 1. The van der Waals surface area contributed by atoms with Crippen molar-refractivity contribution in [2.45, 2.75) is 38.6 Å². The normalized spacial score (nSPS) is 18.6. The first-order valence-electron chi connectivity index (χ1n) is 6.68. The smallest absolute Gasteiger partial charge is 0.320 e. The number of hydrogen-bond donors (Lipinski definition) is 0. The quantitative estimate of drug-likeness (QED) is 0.520. The summed E-state index contributed by atoms with van der Waals surface area (Å²) in [5.74, 6) is -0.0834. The number of esters is 1. The van der Waals surface area contributed by atoms with Crippen molar-refractivity contribution in [1.29, 1.82) is 0 Å². The zero-order valence-electron chi connectivity index (χ0n) is 11.4. The lowest BCUT2D eigenvalue weighted by Gasteiger charge is -2.34. The van der Waals surface area contributed by atoms with Gasteiger partial charge in [0.1, 0.15) is 0 Å². The van der Waals surface area contributed by atoms with Gasteiger partial charge in [-0.1, -0.05) is 13.3 Å². The third-order valence-electron chi connectivity index (χ3n) is 3.45. The Hall–Kier alpha value is -0.610. The first-order chi connectivity index (χ1) is 8.13. The molecular formula is C13H26N2O2. The minimum absolute atomic E-state index is 0.0834. The zero-order valence-corrected chi connectivity index (χ0v) is 11.4. The highest BCUT2D eigenvalue weighted by molar-refractivity contribution is 5.71. The molecule has 100 valence electrons. The van der Waals surface area contributed by atoms with Crippen LogP contribution >= 0.6 is 0 Å². The summed E-state index contributed by atoms with van der Waals surface area (Å²) in [7, 11) is 4.17. The lowest BCUT2D eigenvalue weighted by Crippen LogP contribution is -2.44. The number of hydrogen-bond acceptors (Lipinski definition) is 4. The Kier molecular flexibility index (Phi) is 6.52. The number of carbonyl (C=O) groups is 1. The average molecular weight is 242 g/mol. The Balaban J connectivity index is 2.19. The van der Waals surface area contributed by atoms with E-state index in [0.717, 1.165) is 38.8 Å². The van der Waals surface area contributed by atoms with Crippen LogP contribution in [-0.2, 0) is 9.53 Å². The van der Waals surface area contributed by atoms with Crippen LogP contribution in [0.15, 0.2) is 0 Å². The van der Waals surface area contributed by atoms with Gasteiger partial charge in [0.15, 0.2) is 0 Å². The molecule has 1 heterocycles. The predicted molar refractivity (Wildman–Crippen MR) is 69.0 cm³/mol. The molecule has 4 heteroatoms. The number of rotatable bonds is 6. The topological polar surface area (TPSA) is 32.8 Å². The number of piperidine rings is 1. The molecule has 0 unspecified atom stereocenters. The summed E-state index contributed by atoms with van der Waals surface area (Å²) in [6.45, 7) is 5.34. The fourth-order valence-electron chi connectivity index (χ4n) is 2.14. The van der Waals surface area contributed by atoms with Gasteiger partial charge in [-0.25, -0.2) is 0 Å². The van der Waals surface area contributed by atoms with Crippen molar-refractivity contribution in [2.24, 2.45) is 0 Å². The second kappa shape index (κ2) is 7.67. The SMILES string of the molecule is CCCCOC(=O)CN(C)C1CCN(C)CC1. The molecule has 0 aromatic carbocycles. The number of ether oxygens (including phenoxy) is 1. The number of unbranched alkanes of at least 4 members (excludes halogenated alkanes) is 1. The van der Waals surface area contributed by atoms with E-state index in [-0.39, 0.29) is 5.97 Å².